The summed E-state index contributed by atoms with van der Waals surface area (Å²) in [4.78, 5) is 11.6. The second-order valence-electron chi connectivity index (χ2n) is 4.07. The van der Waals surface area contributed by atoms with E-state index in [2.05, 4.69) is 31.3 Å². The molecule has 0 saturated carbocycles. The van der Waals surface area contributed by atoms with Crippen molar-refractivity contribution in [1.82, 2.24) is 25.9 Å². The average molecular weight is 256 g/mol. The Morgan fingerprint density at radius 2 is 2.22 bits per heavy atom. The van der Waals surface area contributed by atoms with Gasteiger partial charge in [0.05, 0.1) is 12.2 Å². The van der Waals surface area contributed by atoms with Gasteiger partial charge in [0.1, 0.15) is 0 Å². The lowest BCUT2D eigenvalue weighted by molar-refractivity contribution is -0.117. The highest BCUT2D eigenvalue weighted by Crippen LogP contribution is 2.01. The molecule has 9 heteroatoms. The highest BCUT2D eigenvalue weighted by molar-refractivity contribution is 5.92. The molecule has 1 aromatic heterocycles. The van der Waals surface area contributed by atoms with E-state index in [9.17, 15) is 4.79 Å². The summed E-state index contributed by atoms with van der Waals surface area (Å²) in [7, 11) is 0. The summed E-state index contributed by atoms with van der Waals surface area (Å²) in [6.07, 6.45) is 2.36. The zero-order valence-corrected chi connectivity index (χ0v) is 10.4. The second-order valence-corrected chi connectivity index (χ2v) is 4.07. The number of anilines is 1. The third-order valence-electron chi connectivity index (χ3n) is 2.33. The smallest absolute Gasteiger partial charge is 0.269 e. The maximum Gasteiger partial charge on any atom is 0.269 e. The first kappa shape index (κ1) is 14.5. The summed E-state index contributed by atoms with van der Waals surface area (Å²) >= 11 is 0. The van der Waals surface area contributed by atoms with E-state index >= 15 is 0 Å². The molecule has 0 aliphatic rings. The molecule has 0 aliphatic heterocycles. The maximum absolute atomic E-state index is 11.6. The molecule has 1 amide bonds. The van der Waals surface area contributed by atoms with Gasteiger partial charge in [-0.3, -0.25) is 10.1 Å². The van der Waals surface area contributed by atoms with E-state index < -0.39 is 6.04 Å². The minimum absolute atomic E-state index is 0.0137. The van der Waals surface area contributed by atoms with Crippen LogP contribution in [0.25, 0.3) is 0 Å². The number of hydrogen-bond donors (Lipinski definition) is 5. The fourth-order valence-electron chi connectivity index (χ4n) is 1.37. The van der Waals surface area contributed by atoms with Gasteiger partial charge in [0.2, 0.25) is 5.91 Å². The van der Waals surface area contributed by atoms with Crippen LogP contribution >= 0.6 is 0 Å². The van der Waals surface area contributed by atoms with Crippen molar-refractivity contribution in [3.05, 3.63) is 0 Å². The zero-order valence-electron chi connectivity index (χ0n) is 10.4. The molecule has 0 fully saturated rings. The van der Waals surface area contributed by atoms with Crippen molar-refractivity contribution >= 4 is 11.9 Å². The van der Waals surface area contributed by atoms with Gasteiger partial charge in [-0.05, 0) is 31.5 Å². The summed E-state index contributed by atoms with van der Waals surface area (Å²) in [5.41, 5.74) is 11.3. The molecule has 9 nitrogen and oxygen atoms in total. The molecule has 7 N–H and O–H groups in total. The number of tetrazole rings is 1. The number of hydrogen-bond acceptors (Lipinski definition) is 7. The van der Waals surface area contributed by atoms with Crippen LogP contribution in [-0.2, 0) is 4.79 Å². The van der Waals surface area contributed by atoms with Gasteiger partial charge < -0.3 is 16.8 Å². The molecule has 0 aromatic carbocycles. The van der Waals surface area contributed by atoms with E-state index in [1.165, 1.54) is 0 Å². The quantitative estimate of drug-likeness (QED) is 0.281. The third kappa shape index (κ3) is 5.66. The molecule has 0 aliphatic carbocycles. The predicted octanol–water partition coefficient (Wildman–Crippen LogP) is -1.47. The first-order valence-corrected chi connectivity index (χ1v) is 5.88. The van der Waals surface area contributed by atoms with E-state index in [0.29, 0.717) is 6.42 Å². The number of aromatic nitrogens is 4. The summed E-state index contributed by atoms with van der Waals surface area (Å²) in [5.74, 6) is -0.175. The van der Waals surface area contributed by atoms with E-state index in [1.807, 2.05) is 6.92 Å². The van der Waals surface area contributed by atoms with Crippen LogP contribution in [0, 0.1) is 0 Å². The predicted molar refractivity (Wildman–Crippen MR) is 66.3 cm³/mol. The molecule has 1 aromatic rings. The molecule has 0 radical (unpaired) electrons. The lowest BCUT2D eigenvalue weighted by Crippen LogP contribution is -2.37. The number of carbonyl (C=O) groups excluding carboxylic acids is 1. The first-order valence-electron chi connectivity index (χ1n) is 5.88. The Bertz CT molecular complexity index is 338. The van der Waals surface area contributed by atoms with Crippen molar-refractivity contribution in [3.8, 4) is 0 Å². The number of aromatic amines is 1. The zero-order chi connectivity index (χ0) is 13.4. The van der Waals surface area contributed by atoms with Gasteiger partial charge in [-0.15, -0.1) is 5.10 Å². The van der Waals surface area contributed by atoms with Crippen molar-refractivity contribution in [2.45, 2.75) is 38.4 Å². The van der Waals surface area contributed by atoms with Crippen molar-refractivity contribution in [2.24, 2.45) is 11.5 Å². The Kier molecular flexibility index (Phi) is 6.19. The van der Waals surface area contributed by atoms with Crippen molar-refractivity contribution in [2.75, 3.05) is 11.9 Å². The Morgan fingerprint density at radius 1 is 1.44 bits per heavy atom. The highest BCUT2D eigenvalue weighted by atomic mass is 16.2. The SMILES string of the molecule is C[C@@H](N)NCCCC[C@@H](N)C(=O)Nc1nn[nH]n1. The molecule has 102 valence electrons. The van der Waals surface area contributed by atoms with Gasteiger partial charge in [0.15, 0.2) is 0 Å². The minimum Gasteiger partial charge on any atom is -0.320 e. The van der Waals surface area contributed by atoms with Crippen LogP contribution in [0.3, 0.4) is 0 Å². The summed E-state index contributed by atoms with van der Waals surface area (Å²) < 4.78 is 0. The van der Waals surface area contributed by atoms with Crippen LogP contribution in [0.5, 0.6) is 0 Å². The number of carbonyl (C=O) groups is 1. The standard InChI is InChI=1S/C9H20N8O/c1-6(10)12-5-3-2-4-7(11)8(18)13-9-14-16-17-15-9/h6-7,12H,2-5,10-11H2,1H3,(H2,13,14,15,16,17,18)/t6-,7+/m0/s1. The van der Waals surface area contributed by atoms with Crippen LogP contribution < -0.4 is 22.1 Å². The van der Waals surface area contributed by atoms with Crippen LogP contribution in [0.4, 0.5) is 5.95 Å². The van der Waals surface area contributed by atoms with Gasteiger partial charge in [-0.25, -0.2) is 0 Å². The molecule has 0 unspecified atom stereocenters. The molecule has 18 heavy (non-hydrogen) atoms. The summed E-state index contributed by atoms with van der Waals surface area (Å²) in [5, 5.41) is 18.3. The van der Waals surface area contributed by atoms with E-state index in [-0.39, 0.29) is 18.0 Å². The molecule has 0 spiro atoms. The van der Waals surface area contributed by atoms with E-state index in [4.69, 9.17) is 11.5 Å². The van der Waals surface area contributed by atoms with Crippen LogP contribution in [0.2, 0.25) is 0 Å². The molecule has 0 saturated heterocycles. The lowest BCUT2D eigenvalue weighted by Gasteiger charge is -2.11. The lowest BCUT2D eigenvalue weighted by atomic mass is 10.1. The van der Waals surface area contributed by atoms with Gasteiger partial charge in [0, 0.05) is 0 Å². The minimum atomic E-state index is -0.571. The Balaban J connectivity index is 2.12. The Hall–Kier alpha value is -1.58. The number of nitrogens with two attached hydrogens (primary N) is 2. The summed E-state index contributed by atoms with van der Waals surface area (Å²) in [6, 6.07) is -0.571. The fourth-order valence-corrected chi connectivity index (χ4v) is 1.37. The number of unbranched alkanes of at least 4 members (excludes halogenated alkanes) is 1. The van der Waals surface area contributed by atoms with Crippen LogP contribution in [0.1, 0.15) is 26.2 Å². The highest BCUT2D eigenvalue weighted by Gasteiger charge is 2.14. The molecule has 2 atom stereocenters. The Morgan fingerprint density at radius 3 is 2.83 bits per heavy atom. The molecular formula is C9H20N8O. The monoisotopic (exact) mass is 256 g/mol. The third-order valence-corrected chi connectivity index (χ3v) is 2.33. The van der Waals surface area contributed by atoms with Gasteiger partial charge in [0.25, 0.3) is 5.95 Å². The normalized spacial score (nSPS) is 14.2. The largest absolute Gasteiger partial charge is 0.320 e. The Labute approximate surface area is 105 Å². The summed E-state index contributed by atoms with van der Waals surface area (Å²) in [6.45, 7) is 2.70. The average Bonchev–Trinajstić information content (AvgIpc) is 2.80. The van der Waals surface area contributed by atoms with Crippen molar-refractivity contribution < 1.29 is 4.79 Å². The molecule has 1 heterocycles. The fraction of sp³-hybridized carbons (Fsp3) is 0.778. The van der Waals surface area contributed by atoms with Crippen LogP contribution in [-0.4, -0.2) is 45.3 Å². The number of nitrogens with one attached hydrogen (secondary N) is 3. The number of nitrogens with zero attached hydrogens (tertiary/aromatic N) is 3. The van der Waals surface area contributed by atoms with Gasteiger partial charge in [-0.2, -0.15) is 5.21 Å². The van der Waals surface area contributed by atoms with E-state index in [1.54, 1.807) is 0 Å². The van der Waals surface area contributed by atoms with Gasteiger partial charge in [-0.1, -0.05) is 11.5 Å². The first-order chi connectivity index (χ1) is 8.59. The molecular weight excluding hydrogens is 236 g/mol. The molecule has 0 bridgehead atoms. The van der Waals surface area contributed by atoms with Gasteiger partial charge >= 0.3 is 0 Å². The maximum atomic E-state index is 11.6. The molecule has 1 rings (SSSR count). The van der Waals surface area contributed by atoms with Crippen molar-refractivity contribution in [3.63, 3.8) is 0 Å². The van der Waals surface area contributed by atoms with E-state index in [0.717, 1.165) is 19.4 Å². The van der Waals surface area contributed by atoms with Crippen LogP contribution in [0.15, 0.2) is 0 Å². The number of amides is 1. The topological polar surface area (TPSA) is 148 Å². The number of rotatable bonds is 8. The second kappa shape index (κ2) is 7.69. The van der Waals surface area contributed by atoms with Crippen molar-refractivity contribution in [1.29, 1.82) is 0 Å². The number of H-pyrrole nitrogens is 1.